The molecule has 0 radical (unpaired) electrons. The molecule has 1 aliphatic heterocycles. The third-order valence-electron chi connectivity index (χ3n) is 4.04. The largest absolute Gasteiger partial charge is 0.447 e. The number of anilines is 2. The molecule has 0 bridgehead atoms. The van der Waals surface area contributed by atoms with Gasteiger partial charge in [-0.3, -0.25) is 9.69 Å². The van der Waals surface area contributed by atoms with Crippen molar-refractivity contribution in [3.8, 4) is 0 Å². The maximum atomic E-state index is 12.3. The van der Waals surface area contributed by atoms with E-state index in [4.69, 9.17) is 4.74 Å². The van der Waals surface area contributed by atoms with Crippen LogP contribution in [0.4, 0.5) is 16.2 Å². The van der Waals surface area contributed by atoms with Crippen LogP contribution in [0.5, 0.6) is 0 Å². The molecule has 0 atom stereocenters. The van der Waals surface area contributed by atoms with E-state index >= 15 is 0 Å². The topological polar surface area (TPSA) is 58.6 Å². The van der Waals surface area contributed by atoms with Crippen LogP contribution in [0.2, 0.25) is 0 Å². The number of carbonyl (C=O) groups excluding carboxylic acids is 2. The van der Waals surface area contributed by atoms with E-state index in [1.165, 1.54) is 0 Å². The molecular formula is C20H20N2O3. The number of carbonyl (C=O) groups is 2. The second-order valence-electron chi connectivity index (χ2n) is 5.69. The van der Waals surface area contributed by atoms with E-state index in [9.17, 15) is 9.59 Å². The molecule has 0 aliphatic carbocycles. The number of rotatable bonds is 5. The molecule has 0 saturated carbocycles. The Hall–Kier alpha value is -3.08. The molecule has 128 valence electrons. The van der Waals surface area contributed by atoms with Gasteiger partial charge in [-0.2, -0.15) is 0 Å². The Bertz CT molecular complexity index is 782. The Morgan fingerprint density at radius 3 is 2.48 bits per heavy atom. The van der Waals surface area contributed by atoms with Crippen molar-refractivity contribution < 1.29 is 14.3 Å². The Balaban J connectivity index is 1.68. The van der Waals surface area contributed by atoms with Crippen LogP contribution in [0.3, 0.4) is 0 Å². The molecular weight excluding hydrogens is 316 g/mol. The second-order valence-corrected chi connectivity index (χ2v) is 5.69. The van der Waals surface area contributed by atoms with Crippen molar-refractivity contribution in [2.75, 3.05) is 23.4 Å². The van der Waals surface area contributed by atoms with Crippen LogP contribution in [0.15, 0.2) is 60.7 Å². The van der Waals surface area contributed by atoms with Gasteiger partial charge in [0.05, 0.1) is 6.54 Å². The molecule has 1 aliphatic rings. The van der Waals surface area contributed by atoms with Crippen LogP contribution >= 0.6 is 0 Å². The van der Waals surface area contributed by atoms with Gasteiger partial charge in [0.25, 0.3) is 0 Å². The average Bonchev–Trinajstić information content (AvgIpc) is 3.07. The third-order valence-corrected chi connectivity index (χ3v) is 4.04. The van der Waals surface area contributed by atoms with E-state index in [1.807, 2.05) is 37.3 Å². The molecule has 0 unspecified atom stereocenters. The normalized spacial score (nSPS) is 14.4. The van der Waals surface area contributed by atoms with Crippen molar-refractivity contribution in [1.29, 1.82) is 0 Å². The number of ether oxygens (including phenoxy) is 1. The molecule has 3 rings (SSSR count). The van der Waals surface area contributed by atoms with E-state index in [-0.39, 0.29) is 12.0 Å². The molecule has 2 amide bonds. The van der Waals surface area contributed by atoms with Crippen LogP contribution in [-0.4, -0.2) is 25.2 Å². The van der Waals surface area contributed by atoms with Crippen molar-refractivity contribution in [3.63, 3.8) is 0 Å². The van der Waals surface area contributed by atoms with Crippen LogP contribution in [0, 0.1) is 0 Å². The van der Waals surface area contributed by atoms with Crippen molar-refractivity contribution in [3.05, 3.63) is 66.2 Å². The van der Waals surface area contributed by atoms with Gasteiger partial charge < -0.3 is 10.1 Å². The molecule has 1 heterocycles. The van der Waals surface area contributed by atoms with Gasteiger partial charge in [-0.25, -0.2) is 4.79 Å². The lowest BCUT2D eigenvalue weighted by molar-refractivity contribution is -0.111. The monoisotopic (exact) mass is 336 g/mol. The average molecular weight is 336 g/mol. The molecule has 0 spiro atoms. The summed E-state index contributed by atoms with van der Waals surface area (Å²) >= 11 is 0. The number of hydrogen-bond acceptors (Lipinski definition) is 3. The number of nitrogens with one attached hydrogen (secondary N) is 1. The van der Waals surface area contributed by atoms with Gasteiger partial charge >= 0.3 is 6.09 Å². The maximum absolute atomic E-state index is 12.3. The highest BCUT2D eigenvalue weighted by Gasteiger charge is 2.23. The minimum absolute atomic E-state index is 0.172. The maximum Gasteiger partial charge on any atom is 0.414 e. The Morgan fingerprint density at radius 2 is 1.88 bits per heavy atom. The van der Waals surface area contributed by atoms with Crippen molar-refractivity contribution in [1.82, 2.24) is 0 Å². The van der Waals surface area contributed by atoms with E-state index in [2.05, 4.69) is 5.32 Å². The molecule has 2 aromatic carbocycles. The highest BCUT2D eigenvalue weighted by molar-refractivity contribution is 6.04. The highest BCUT2D eigenvalue weighted by Crippen LogP contribution is 2.22. The Labute approximate surface area is 146 Å². The van der Waals surface area contributed by atoms with Crippen LogP contribution in [-0.2, 0) is 9.53 Å². The smallest absolute Gasteiger partial charge is 0.414 e. The quantitative estimate of drug-likeness (QED) is 0.837. The molecule has 1 fully saturated rings. The molecule has 1 saturated heterocycles. The SMILES string of the molecule is CC/C(=C\C(=O)Nc1ccc(N2CCOC2=O)cc1)c1ccccc1. The first-order valence-corrected chi connectivity index (χ1v) is 8.28. The van der Waals surface area contributed by atoms with Gasteiger partial charge in [0, 0.05) is 17.5 Å². The third kappa shape index (κ3) is 4.07. The fourth-order valence-corrected chi connectivity index (χ4v) is 2.73. The Kier molecular flexibility index (Phi) is 5.14. The number of benzene rings is 2. The number of cyclic esters (lactones) is 1. The lowest BCUT2D eigenvalue weighted by Crippen LogP contribution is -2.23. The zero-order valence-corrected chi connectivity index (χ0v) is 14.1. The van der Waals surface area contributed by atoms with Crippen LogP contribution < -0.4 is 10.2 Å². The summed E-state index contributed by atoms with van der Waals surface area (Å²) in [6, 6.07) is 17.0. The summed E-state index contributed by atoms with van der Waals surface area (Å²) in [5, 5.41) is 2.86. The minimum Gasteiger partial charge on any atom is -0.447 e. The first-order chi connectivity index (χ1) is 12.2. The lowest BCUT2D eigenvalue weighted by Gasteiger charge is -2.13. The van der Waals surface area contributed by atoms with Crippen molar-refractivity contribution in [2.45, 2.75) is 13.3 Å². The van der Waals surface area contributed by atoms with Gasteiger partial charge in [0.15, 0.2) is 0 Å². The van der Waals surface area contributed by atoms with Gasteiger partial charge in [-0.15, -0.1) is 0 Å². The fourth-order valence-electron chi connectivity index (χ4n) is 2.73. The minimum atomic E-state index is -0.338. The molecule has 2 aromatic rings. The van der Waals surface area contributed by atoms with E-state index in [1.54, 1.807) is 35.2 Å². The first-order valence-electron chi connectivity index (χ1n) is 8.28. The molecule has 1 N–H and O–H groups in total. The number of hydrogen-bond donors (Lipinski definition) is 1. The molecule has 5 nitrogen and oxygen atoms in total. The van der Waals surface area contributed by atoms with Crippen molar-refractivity contribution in [2.24, 2.45) is 0 Å². The van der Waals surface area contributed by atoms with E-state index < -0.39 is 0 Å². The Morgan fingerprint density at radius 1 is 1.16 bits per heavy atom. The lowest BCUT2D eigenvalue weighted by atomic mass is 10.0. The van der Waals surface area contributed by atoms with Crippen LogP contribution in [0.1, 0.15) is 18.9 Å². The summed E-state index contributed by atoms with van der Waals surface area (Å²) in [4.78, 5) is 25.4. The molecule has 25 heavy (non-hydrogen) atoms. The standard InChI is InChI=1S/C20H20N2O3/c1-2-15(16-6-4-3-5-7-16)14-19(23)21-17-8-10-18(11-9-17)22-12-13-25-20(22)24/h3-11,14H,2,12-13H2,1H3,(H,21,23)/b15-14+. The predicted molar refractivity (Wildman–Crippen MR) is 98.5 cm³/mol. The van der Waals surface area contributed by atoms with Gasteiger partial charge in [0.1, 0.15) is 6.61 Å². The number of nitrogens with zero attached hydrogens (tertiary/aromatic N) is 1. The van der Waals surface area contributed by atoms with E-state index in [0.717, 1.165) is 23.2 Å². The summed E-state index contributed by atoms with van der Waals surface area (Å²) in [7, 11) is 0. The summed E-state index contributed by atoms with van der Waals surface area (Å²) < 4.78 is 4.92. The summed E-state index contributed by atoms with van der Waals surface area (Å²) in [6.07, 6.45) is 2.06. The second kappa shape index (κ2) is 7.66. The highest BCUT2D eigenvalue weighted by atomic mass is 16.6. The van der Waals surface area contributed by atoms with Gasteiger partial charge in [0.2, 0.25) is 5.91 Å². The predicted octanol–water partition coefficient (Wildman–Crippen LogP) is 4.08. The molecule has 5 heteroatoms. The first kappa shape index (κ1) is 16.8. The zero-order chi connectivity index (χ0) is 17.6. The summed E-state index contributed by atoms with van der Waals surface area (Å²) in [6.45, 7) is 2.97. The van der Waals surface area contributed by atoms with Gasteiger partial charge in [-0.05, 0) is 41.8 Å². The number of allylic oxidation sites excluding steroid dienone is 1. The zero-order valence-electron chi connectivity index (χ0n) is 14.1. The van der Waals surface area contributed by atoms with E-state index in [0.29, 0.717) is 18.8 Å². The van der Waals surface area contributed by atoms with Crippen LogP contribution in [0.25, 0.3) is 5.57 Å². The van der Waals surface area contributed by atoms with Gasteiger partial charge in [-0.1, -0.05) is 37.3 Å². The van der Waals surface area contributed by atoms with Crippen molar-refractivity contribution >= 4 is 28.9 Å². The molecule has 0 aromatic heterocycles. The summed E-state index contributed by atoms with van der Waals surface area (Å²) in [5.74, 6) is -0.172. The fraction of sp³-hybridized carbons (Fsp3) is 0.200. The number of amides is 2. The summed E-state index contributed by atoms with van der Waals surface area (Å²) in [5.41, 5.74) is 3.47.